The van der Waals surface area contributed by atoms with Crippen LogP contribution in [0.4, 0.5) is 0 Å². The summed E-state index contributed by atoms with van der Waals surface area (Å²) in [5.41, 5.74) is 0.487. The van der Waals surface area contributed by atoms with Gasteiger partial charge in [0.25, 0.3) is 0 Å². The topological polar surface area (TPSA) is 24.4 Å². The van der Waals surface area contributed by atoms with Crippen LogP contribution in [0.3, 0.4) is 0 Å². The fourth-order valence-electron chi connectivity index (χ4n) is 2.49. The van der Waals surface area contributed by atoms with E-state index in [4.69, 9.17) is 4.99 Å². The lowest BCUT2D eigenvalue weighted by molar-refractivity contribution is 0.292. The van der Waals surface area contributed by atoms with E-state index in [0.29, 0.717) is 5.54 Å². The van der Waals surface area contributed by atoms with Gasteiger partial charge in [-0.15, -0.1) is 0 Å². The number of thioether (sulfide) groups is 1. The quantitative estimate of drug-likeness (QED) is 0.798. The summed E-state index contributed by atoms with van der Waals surface area (Å²) in [6.45, 7) is 6.85. The third-order valence-corrected chi connectivity index (χ3v) is 5.25. The molecule has 0 amide bonds. The van der Waals surface area contributed by atoms with Gasteiger partial charge in [0, 0.05) is 11.3 Å². The first-order valence-electron chi connectivity index (χ1n) is 6.56. The van der Waals surface area contributed by atoms with Crippen LogP contribution in [0.25, 0.3) is 0 Å². The zero-order valence-corrected chi connectivity index (χ0v) is 11.6. The molecule has 1 N–H and O–H groups in total. The van der Waals surface area contributed by atoms with Gasteiger partial charge in [-0.2, -0.15) is 0 Å². The highest BCUT2D eigenvalue weighted by Gasteiger charge is 2.33. The van der Waals surface area contributed by atoms with Crippen LogP contribution in [0, 0.1) is 0 Å². The second kappa shape index (κ2) is 4.59. The van der Waals surface area contributed by atoms with Gasteiger partial charge >= 0.3 is 0 Å². The highest BCUT2D eigenvalue weighted by Crippen LogP contribution is 2.33. The van der Waals surface area contributed by atoms with Crippen LogP contribution >= 0.6 is 11.8 Å². The van der Waals surface area contributed by atoms with Crippen LogP contribution in [0.5, 0.6) is 0 Å². The summed E-state index contributed by atoms with van der Waals surface area (Å²) in [5, 5.41) is 4.89. The van der Waals surface area contributed by atoms with Crippen molar-refractivity contribution in [3.8, 4) is 0 Å². The fraction of sp³-hybridized carbons (Fsp3) is 0.923. The van der Waals surface area contributed by atoms with Gasteiger partial charge in [0.05, 0.1) is 5.54 Å². The normalized spacial score (nSPS) is 33.6. The van der Waals surface area contributed by atoms with Crippen LogP contribution < -0.4 is 5.32 Å². The van der Waals surface area contributed by atoms with Crippen LogP contribution in [-0.2, 0) is 0 Å². The maximum Gasteiger partial charge on any atom is 0.157 e. The molecule has 1 atom stereocenters. The van der Waals surface area contributed by atoms with E-state index >= 15 is 0 Å². The predicted octanol–water partition coefficient (Wildman–Crippen LogP) is 3.57. The highest BCUT2D eigenvalue weighted by molar-refractivity contribution is 8.14. The van der Waals surface area contributed by atoms with Gasteiger partial charge in [-0.3, -0.25) is 4.99 Å². The molecule has 1 fully saturated rings. The molecule has 0 aromatic carbocycles. The van der Waals surface area contributed by atoms with E-state index < -0.39 is 0 Å². The molecule has 1 saturated carbocycles. The Labute approximate surface area is 104 Å². The number of nitrogens with one attached hydrogen (secondary N) is 1. The molecule has 0 bridgehead atoms. The fourth-order valence-corrected chi connectivity index (χ4v) is 3.81. The Morgan fingerprint density at radius 3 is 2.50 bits per heavy atom. The third kappa shape index (κ3) is 2.73. The maximum atomic E-state index is 4.85. The summed E-state index contributed by atoms with van der Waals surface area (Å²) in [6.07, 6.45) is 7.88. The molecule has 0 saturated heterocycles. The second-order valence-corrected chi connectivity index (χ2v) is 6.77. The van der Waals surface area contributed by atoms with Crippen molar-refractivity contribution in [2.75, 3.05) is 5.75 Å². The number of aliphatic imine (C=N–C) groups is 1. The molecule has 2 rings (SSSR count). The summed E-state index contributed by atoms with van der Waals surface area (Å²) in [4.78, 5) is 4.85. The standard InChI is InChI=1S/C13H24N2S/c1-4-12(2)10-16-11(14-12)15-13(3)8-6-5-7-9-13/h4-10H2,1-3H3,(H,14,15). The lowest BCUT2D eigenvalue weighted by Crippen LogP contribution is -2.46. The number of hydrogen-bond acceptors (Lipinski definition) is 3. The Kier molecular flexibility index (Phi) is 3.53. The van der Waals surface area contributed by atoms with Crippen molar-refractivity contribution in [3.63, 3.8) is 0 Å². The van der Waals surface area contributed by atoms with Crippen molar-refractivity contribution in [3.05, 3.63) is 0 Å². The minimum atomic E-state index is 0.179. The lowest BCUT2D eigenvalue weighted by atomic mass is 9.83. The summed E-state index contributed by atoms with van der Waals surface area (Å²) in [7, 11) is 0. The van der Waals surface area contributed by atoms with Crippen LogP contribution in [0.2, 0.25) is 0 Å². The minimum Gasteiger partial charge on any atom is -0.360 e. The van der Waals surface area contributed by atoms with E-state index in [1.165, 1.54) is 37.3 Å². The van der Waals surface area contributed by atoms with Gasteiger partial charge in [-0.05, 0) is 33.1 Å². The third-order valence-electron chi connectivity index (χ3n) is 4.02. The predicted molar refractivity (Wildman–Crippen MR) is 73.2 cm³/mol. The molecule has 1 aliphatic carbocycles. The largest absolute Gasteiger partial charge is 0.360 e. The Bertz CT molecular complexity index is 282. The van der Waals surface area contributed by atoms with Gasteiger partial charge in [0.15, 0.2) is 5.17 Å². The molecule has 2 nitrogen and oxygen atoms in total. The molecule has 1 aliphatic heterocycles. The number of hydrogen-bond donors (Lipinski definition) is 1. The van der Waals surface area contributed by atoms with E-state index in [1.807, 2.05) is 11.8 Å². The van der Waals surface area contributed by atoms with Crippen molar-refractivity contribution in [1.82, 2.24) is 5.32 Å². The molecule has 0 radical (unpaired) electrons. The van der Waals surface area contributed by atoms with Gasteiger partial charge in [-0.25, -0.2) is 0 Å². The molecule has 1 heterocycles. The lowest BCUT2D eigenvalue weighted by Gasteiger charge is -2.35. The van der Waals surface area contributed by atoms with Crippen molar-refractivity contribution in [2.45, 2.75) is 70.4 Å². The van der Waals surface area contributed by atoms with Crippen LogP contribution in [0.15, 0.2) is 4.99 Å². The average Bonchev–Trinajstić information content (AvgIpc) is 2.61. The molecule has 0 aromatic heterocycles. The number of amidine groups is 1. The Balaban J connectivity index is 1.97. The van der Waals surface area contributed by atoms with Gasteiger partial charge < -0.3 is 5.32 Å². The SMILES string of the molecule is CCC1(C)CSC(NC2(C)CCCCC2)=N1. The van der Waals surface area contributed by atoms with Crippen molar-refractivity contribution in [2.24, 2.45) is 4.99 Å². The molecule has 92 valence electrons. The second-order valence-electron chi connectivity index (χ2n) is 5.80. The average molecular weight is 240 g/mol. The maximum absolute atomic E-state index is 4.85. The van der Waals surface area contributed by atoms with Crippen LogP contribution in [-0.4, -0.2) is 22.0 Å². The first-order valence-corrected chi connectivity index (χ1v) is 7.55. The molecule has 16 heavy (non-hydrogen) atoms. The Morgan fingerprint density at radius 1 is 1.25 bits per heavy atom. The molecule has 2 aliphatic rings. The number of rotatable bonds is 2. The molecule has 0 spiro atoms. The summed E-state index contributed by atoms with van der Waals surface area (Å²) in [6, 6.07) is 0. The molecule has 0 aromatic rings. The molecule has 3 heteroatoms. The van der Waals surface area contributed by atoms with E-state index in [9.17, 15) is 0 Å². The zero-order valence-electron chi connectivity index (χ0n) is 10.8. The van der Waals surface area contributed by atoms with Gasteiger partial charge in [0.2, 0.25) is 0 Å². The molecule has 1 unspecified atom stereocenters. The van der Waals surface area contributed by atoms with Crippen molar-refractivity contribution < 1.29 is 0 Å². The molecular formula is C13H24N2S. The van der Waals surface area contributed by atoms with E-state index in [-0.39, 0.29) is 5.54 Å². The smallest absolute Gasteiger partial charge is 0.157 e. The van der Waals surface area contributed by atoms with Crippen LogP contribution in [0.1, 0.15) is 59.3 Å². The van der Waals surface area contributed by atoms with Gasteiger partial charge in [0.1, 0.15) is 0 Å². The highest BCUT2D eigenvalue weighted by atomic mass is 32.2. The van der Waals surface area contributed by atoms with E-state index in [1.54, 1.807) is 0 Å². The summed E-state index contributed by atoms with van der Waals surface area (Å²) < 4.78 is 0. The van der Waals surface area contributed by atoms with Crippen molar-refractivity contribution in [1.29, 1.82) is 0 Å². The number of nitrogens with zero attached hydrogens (tertiary/aromatic N) is 1. The first kappa shape index (κ1) is 12.3. The molecular weight excluding hydrogens is 216 g/mol. The monoisotopic (exact) mass is 240 g/mol. The van der Waals surface area contributed by atoms with E-state index in [2.05, 4.69) is 26.1 Å². The summed E-state index contributed by atoms with van der Waals surface area (Å²) in [5.74, 6) is 1.14. The Hall–Kier alpha value is -0.180. The minimum absolute atomic E-state index is 0.179. The Morgan fingerprint density at radius 2 is 1.94 bits per heavy atom. The van der Waals surface area contributed by atoms with E-state index in [0.717, 1.165) is 12.2 Å². The zero-order chi connectivity index (χ0) is 11.6. The summed E-state index contributed by atoms with van der Waals surface area (Å²) >= 11 is 1.90. The van der Waals surface area contributed by atoms with Crippen molar-refractivity contribution >= 4 is 16.9 Å². The first-order chi connectivity index (χ1) is 7.55. The van der Waals surface area contributed by atoms with Gasteiger partial charge in [-0.1, -0.05) is 37.9 Å².